The molecule has 0 aliphatic heterocycles. The molecule has 194 valence electrons. The molecule has 0 aromatic carbocycles. The van der Waals surface area contributed by atoms with Crippen molar-refractivity contribution < 1.29 is 4.43 Å². The van der Waals surface area contributed by atoms with E-state index in [2.05, 4.69) is 40.8 Å². The molecule has 0 bridgehead atoms. The summed E-state index contributed by atoms with van der Waals surface area (Å²) < 4.78 is 6.28. The average Bonchev–Trinajstić information content (AvgIpc) is 2.73. The predicted octanol–water partition coefficient (Wildman–Crippen LogP) is 11.6. The molecule has 0 aliphatic rings. The van der Waals surface area contributed by atoms with Crippen LogP contribution in [-0.2, 0) is 4.43 Å². The first kappa shape index (κ1) is 32.2. The van der Waals surface area contributed by atoms with Crippen LogP contribution < -0.4 is 0 Å². The molecular formula is C30H64OSi. The van der Waals surface area contributed by atoms with Crippen LogP contribution in [0.5, 0.6) is 0 Å². The molecule has 1 nitrogen and oxygen atoms in total. The van der Waals surface area contributed by atoms with Crippen molar-refractivity contribution in [2.24, 2.45) is 0 Å². The SMILES string of the molecule is CCCCCCCCCCCCCCCCCCCCCCCCO[Si](C)(C)C(C)(C)C. The minimum atomic E-state index is -1.52. The van der Waals surface area contributed by atoms with Crippen LogP contribution in [0.3, 0.4) is 0 Å². The summed E-state index contributed by atoms with van der Waals surface area (Å²) in [5.74, 6) is 0. The van der Waals surface area contributed by atoms with Gasteiger partial charge in [0.2, 0.25) is 0 Å². The maximum atomic E-state index is 6.28. The van der Waals surface area contributed by atoms with E-state index in [1.54, 1.807) is 0 Å². The Morgan fingerprint density at radius 2 is 0.688 bits per heavy atom. The number of hydrogen-bond donors (Lipinski definition) is 0. The van der Waals surface area contributed by atoms with Gasteiger partial charge in [-0.1, -0.05) is 163 Å². The molecule has 2 heteroatoms. The van der Waals surface area contributed by atoms with E-state index in [1.807, 2.05) is 0 Å². The molecule has 0 radical (unpaired) electrons. The van der Waals surface area contributed by atoms with Crippen molar-refractivity contribution in [3.63, 3.8) is 0 Å². The van der Waals surface area contributed by atoms with Gasteiger partial charge in [-0.25, -0.2) is 0 Å². The highest BCUT2D eigenvalue weighted by atomic mass is 28.4. The molecule has 0 unspecified atom stereocenters. The Labute approximate surface area is 206 Å². The Balaban J connectivity index is 3.15. The van der Waals surface area contributed by atoms with Gasteiger partial charge in [0.25, 0.3) is 0 Å². The Morgan fingerprint density at radius 1 is 0.438 bits per heavy atom. The minimum absolute atomic E-state index is 0.347. The third kappa shape index (κ3) is 20.8. The van der Waals surface area contributed by atoms with Gasteiger partial charge in [-0.15, -0.1) is 0 Å². The predicted molar refractivity (Wildman–Crippen MR) is 150 cm³/mol. The molecule has 0 aliphatic carbocycles. The summed E-state index contributed by atoms with van der Waals surface area (Å²) in [7, 11) is -1.52. The van der Waals surface area contributed by atoms with Gasteiger partial charge in [0, 0.05) is 6.61 Å². The summed E-state index contributed by atoms with van der Waals surface area (Å²) in [4.78, 5) is 0. The lowest BCUT2D eigenvalue weighted by Gasteiger charge is -2.36. The standard InChI is InChI=1S/C30H64OSi/c1-7-8-9-10-11-12-13-14-15-16-17-18-19-20-21-22-23-24-25-26-27-28-29-31-32(5,6)30(2,3)4/h7-29H2,1-6H3. The van der Waals surface area contributed by atoms with Gasteiger partial charge in [-0.3, -0.25) is 0 Å². The number of rotatable bonds is 24. The first-order valence-electron chi connectivity index (χ1n) is 14.9. The van der Waals surface area contributed by atoms with E-state index in [9.17, 15) is 0 Å². The quantitative estimate of drug-likeness (QED) is 0.101. The zero-order valence-corrected chi connectivity index (χ0v) is 24.7. The van der Waals surface area contributed by atoms with Gasteiger partial charge < -0.3 is 4.43 Å². The first-order chi connectivity index (χ1) is 15.3. The second-order valence-corrected chi connectivity index (χ2v) is 16.8. The smallest absolute Gasteiger partial charge is 0.191 e. The fraction of sp³-hybridized carbons (Fsp3) is 1.00. The van der Waals surface area contributed by atoms with Crippen LogP contribution >= 0.6 is 0 Å². The Bertz CT molecular complexity index is 372. The average molecular weight is 469 g/mol. The van der Waals surface area contributed by atoms with Crippen molar-refractivity contribution in [3.05, 3.63) is 0 Å². The van der Waals surface area contributed by atoms with Gasteiger partial charge in [-0.05, 0) is 24.6 Å². The third-order valence-electron chi connectivity index (χ3n) is 7.77. The molecule has 0 amide bonds. The van der Waals surface area contributed by atoms with Crippen molar-refractivity contribution in [2.75, 3.05) is 6.61 Å². The third-order valence-corrected chi connectivity index (χ3v) is 12.3. The monoisotopic (exact) mass is 468 g/mol. The molecular weight excluding hydrogens is 404 g/mol. The second-order valence-electron chi connectivity index (χ2n) is 12.0. The lowest BCUT2D eigenvalue weighted by Crippen LogP contribution is -2.40. The second kappa shape index (κ2) is 21.7. The summed E-state index contributed by atoms with van der Waals surface area (Å²) in [6.45, 7) is 15.0. The Morgan fingerprint density at radius 3 is 0.938 bits per heavy atom. The van der Waals surface area contributed by atoms with E-state index < -0.39 is 8.32 Å². The molecule has 0 saturated carbocycles. The molecule has 0 N–H and O–H groups in total. The molecule has 0 atom stereocenters. The van der Waals surface area contributed by atoms with Gasteiger partial charge in [0.15, 0.2) is 8.32 Å². The van der Waals surface area contributed by atoms with Crippen LogP contribution in [0.2, 0.25) is 18.1 Å². The van der Waals surface area contributed by atoms with Crippen molar-refractivity contribution in [1.82, 2.24) is 0 Å². The minimum Gasteiger partial charge on any atom is -0.417 e. The van der Waals surface area contributed by atoms with Gasteiger partial charge >= 0.3 is 0 Å². The zero-order valence-electron chi connectivity index (χ0n) is 23.7. The molecule has 0 rings (SSSR count). The lowest BCUT2D eigenvalue weighted by atomic mass is 10.0. The first-order valence-corrected chi connectivity index (χ1v) is 17.9. The maximum Gasteiger partial charge on any atom is 0.191 e. The van der Waals surface area contributed by atoms with Crippen LogP contribution in [0.1, 0.15) is 169 Å². The van der Waals surface area contributed by atoms with Crippen molar-refractivity contribution in [3.8, 4) is 0 Å². The van der Waals surface area contributed by atoms with Crippen LogP contribution in [0.15, 0.2) is 0 Å². The molecule has 32 heavy (non-hydrogen) atoms. The summed E-state index contributed by atoms with van der Waals surface area (Å²) >= 11 is 0. The van der Waals surface area contributed by atoms with Crippen molar-refractivity contribution in [1.29, 1.82) is 0 Å². The van der Waals surface area contributed by atoms with E-state index in [4.69, 9.17) is 4.43 Å². The van der Waals surface area contributed by atoms with Crippen LogP contribution in [0, 0.1) is 0 Å². The van der Waals surface area contributed by atoms with Crippen LogP contribution in [0.25, 0.3) is 0 Å². The lowest BCUT2D eigenvalue weighted by molar-refractivity contribution is 0.277. The highest BCUT2D eigenvalue weighted by Crippen LogP contribution is 2.36. The maximum absolute atomic E-state index is 6.28. The fourth-order valence-corrected chi connectivity index (χ4v) is 5.34. The van der Waals surface area contributed by atoms with Gasteiger partial charge in [0.1, 0.15) is 0 Å². The van der Waals surface area contributed by atoms with Crippen LogP contribution in [0.4, 0.5) is 0 Å². The molecule has 0 aromatic rings. The van der Waals surface area contributed by atoms with E-state index in [-0.39, 0.29) is 0 Å². The number of unbranched alkanes of at least 4 members (excludes halogenated alkanes) is 21. The fourth-order valence-electron chi connectivity index (χ4n) is 4.25. The molecule has 0 aromatic heterocycles. The molecule has 0 fully saturated rings. The van der Waals surface area contributed by atoms with Crippen LogP contribution in [-0.4, -0.2) is 14.9 Å². The Hall–Kier alpha value is 0.177. The topological polar surface area (TPSA) is 9.23 Å². The van der Waals surface area contributed by atoms with E-state index >= 15 is 0 Å². The van der Waals surface area contributed by atoms with E-state index in [0.717, 1.165) is 6.61 Å². The normalized spacial score (nSPS) is 12.6. The van der Waals surface area contributed by atoms with Gasteiger partial charge in [-0.2, -0.15) is 0 Å². The summed E-state index contributed by atoms with van der Waals surface area (Å²) in [6.07, 6.45) is 31.8. The highest BCUT2D eigenvalue weighted by molar-refractivity contribution is 6.74. The zero-order chi connectivity index (χ0) is 24.0. The van der Waals surface area contributed by atoms with Crippen molar-refractivity contribution in [2.45, 2.75) is 187 Å². The molecule has 0 heterocycles. The van der Waals surface area contributed by atoms with E-state index in [1.165, 1.54) is 141 Å². The highest BCUT2D eigenvalue weighted by Gasteiger charge is 2.36. The molecule has 0 spiro atoms. The number of hydrogen-bond acceptors (Lipinski definition) is 1. The summed E-state index contributed by atoms with van der Waals surface area (Å²) in [5.41, 5.74) is 0. The Kier molecular flexibility index (Phi) is 21.8. The van der Waals surface area contributed by atoms with E-state index in [0.29, 0.717) is 5.04 Å². The van der Waals surface area contributed by atoms with Gasteiger partial charge in [0.05, 0.1) is 0 Å². The largest absolute Gasteiger partial charge is 0.417 e. The summed E-state index contributed by atoms with van der Waals surface area (Å²) in [5, 5.41) is 0.347. The molecule has 0 saturated heterocycles. The summed E-state index contributed by atoms with van der Waals surface area (Å²) in [6, 6.07) is 0. The van der Waals surface area contributed by atoms with Crippen molar-refractivity contribution >= 4 is 8.32 Å².